The van der Waals surface area contributed by atoms with Gasteiger partial charge in [-0.25, -0.2) is 0 Å². The summed E-state index contributed by atoms with van der Waals surface area (Å²) in [5, 5.41) is 7.11. The van der Waals surface area contributed by atoms with Crippen molar-refractivity contribution in [1.29, 1.82) is 0 Å². The van der Waals surface area contributed by atoms with E-state index in [4.69, 9.17) is 5.73 Å². The number of amides is 1. The predicted octanol–water partition coefficient (Wildman–Crippen LogP) is 0.596. The van der Waals surface area contributed by atoms with Crippen molar-refractivity contribution in [2.24, 2.45) is 18.7 Å². The molecule has 2 rings (SSSR count). The second kappa shape index (κ2) is 6.00. The van der Waals surface area contributed by atoms with Crippen molar-refractivity contribution in [1.82, 2.24) is 15.1 Å². The van der Waals surface area contributed by atoms with Crippen LogP contribution in [0, 0.1) is 5.92 Å². The number of nitrogens with zero attached hydrogens (tertiary/aromatic N) is 2. The summed E-state index contributed by atoms with van der Waals surface area (Å²) in [5.41, 5.74) is 6.98. The summed E-state index contributed by atoms with van der Waals surface area (Å²) in [7, 11) is 1.92. The number of aromatic nitrogens is 2. The number of rotatable bonds is 4. The maximum absolute atomic E-state index is 11.9. The van der Waals surface area contributed by atoms with Crippen molar-refractivity contribution < 1.29 is 4.79 Å². The van der Waals surface area contributed by atoms with E-state index in [-0.39, 0.29) is 11.8 Å². The minimum absolute atomic E-state index is 0.163. The Morgan fingerprint density at radius 1 is 1.50 bits per heavy atom. The van der Waals surface area contributed by atoms with Gasteiger partial charge in [-0.05, 0) is 31.7 Å². The van der Waals surface area contributed by atoms with Crippen LogP contribution in [-0.4, -0.2) is 28.3 Å². The molecule has 1 aromatic heterocycles. The number of hydrogen-bond donors (Lipinski definition) is 2. The summed E-state index contributed by atoms with van der Waals surface area (Å²) in [6.07, 6.45) is 6.41. The van der Waals surface area contributed by atoms with Crippen LogP contribution in [0.2, 0.25) is 0 Å². The molecule has 0 aliphatic heterocycles. The molecule has 1 saturated carbocycles. The Labute approximate surface area is 108 Å². The van der Waals surface area contributed by atoms with E-state index in [1.54, 1.807) is 6.20 Å². The smallest absolute Gasteiger partial charge is 0.223 e. The van der Waals surface area contributed by atoms with Crippen LogP contribution in [0.4, 0.5) is 0 Å². The molecule has 3 N–H and O–H groups in total. The monoisotopic (exact) mass is 250 g/mol. The largest absolute Gasteiger partial charge is 0.355 e. The minimum Gasteiger partial charge on any atom is -0.355 e. The van der Waals surface area contributed by atoms with Crippen molar-refractivity contribution in [2.75, 3.05) is 6.54 Å². The Hall–Kier alpha value is -1.36. The SMILES string of the molecule is Cn1nccc1CCNC(=O)C1CCC(N)CC1. The highest BCUT2D eigenvalue weighted by molar-refractivity contribution is 5.78. The normalized spacial score (nSPS) is 23.9. The average molecular weight is 250 g/mol. The van der Waals surface area contributed by atoms with E-state index < -0.39 is 0 Å². The standard InChI is InChI=1S/C13H22N4O/c1-17-12(7-9-16-17)6-8-15-13(18)10-2-4-11(14)5-3-10/h7,9-11H,2-6,8,14H2,1H3,(H,15,18). The minimum atomic E-state index is 0.163. The molecule has 100 valence electrons. The van der Waals surface area contributed by atoms with E-state index in [1.165, 1.54) is 0 Å². The first-order valence-corrected chi connectivity index (χ1v) is 6.67. The van der Waals surface area contributed by atoms with Crippen molar-refractivity contribution in [3.05, 3.63) is 18.0 Å². The second-order valence-electron chi connectivity index (χ2n) is 5.10. The number of carbonyl (C=O) groups is 1. The third kappa shape index (κ3) is 3.32. The van der Waals surface area contributed by atoms with Crippen molar-refractivity contribution in [2.45, 2.75) is 38.1 Å². The van der Waals surface area contributed by atoms with Crippen molar-refractivity contribution in [3.8, 4) is 0 Å². The van der Waals surface area contributed by atoms with E-state index in [9.17, 15) is 4.79 Å². The van der Waals surface area contributed by atoms with Gasteiger partial charge in [0.05, 0.1) is 0 Å². The van der Waals surface area contributed by atoms with Gasteiger partial charge in [0.1, 0.15) is 0 Å². The molecule has 18 heavy (non-hydrogen) atoms. The lowest BCUT2D eigenvalue weighted by molar-refractivity contribution is -0.125. The summed E-state index contributed by atoms with van der Waals surface area (Å²) in [6, 6.07) is 2.27. The number of aryl methyl sites for hydroxylation is 1. The fraction of sp³-hybridized carbons (Fsp3) is 0.692. The molecule has 5 nitrogen and oxygen atoms in total. The van der Waals surface area contributed by atoms with Crippen LogP contribution >= 0.6 is 0 Å². The van der Waals surface area contributed by atoms with Gasteiger partial charge in [-0.15, -0.1) is 0 Å². The fourth-order valence-corrected chi connectivity index (χ4v) is 2.49. The van der Waals surface area contributed by atoms with Crippen LogP contribution in [0.15, 0.2) is 12.3 Å². The van der Waals surface area contributed by atoms with Crippen molar-refractivity contribution in [3.63, 3.8) is 0 Å². The zero-order valence-electron chi connectivity index (χ0n) is 10.9. The number of nitrogens with one attached hydrogen (secondary N) is 1. The van der Waals surface area contributed by atoms with Crippen LogP contribution < -0.4 is 11.1 Å². The molecule has 1 aromatic rings. The highest BCUT2D eigenvalue weighted by Crippen LogP contribution is 2.23. The molecule has 0 spiro atoms. The van der Waals surface area contributed by atoms with Crippen LogP contribution in [-0.2, 0) is 18.3 Å². The zero-order valence-corrected chi connectivity index (χ0v) is 10.9. The van der Waals surface area contributed by atoms with Gasteiger partial charge in [-0.3, -0.25) is 9.48 Å². The maximum Gasteiger partial charge on any atom is 0.223 e. The van der Waals surface area contributed by atoms with Gasteiger partial charge in [-0.2, -0.15) is 5.10 Å². The van der Waals surface area contributed by atoms with Gasteiger partial charge in [0.25, 0.3) is 0 Å². The molecular weight excluding hydrogens is 228 g/mol. The Morgan fingerprint density at radius 2 is 2.22 bits per heavy atom. The van der Waals surface area contributed by atoms with Crippen molar-refractivity contribution >= 4 is 5.91 Å². The van der Waals surface area contributed by atoms with Crippen LogP contribution in [0.3, 0.4) is 0 Å². The molecule has 1 amide bonds. The predicted molar refractivity (Wildman–Crippen MR) is 69.9 cm³/mol. The molecule has 0 radical (unpaired) electrons. The van der Waals surface area contributed by atoms with E-state index in [0.717, 1.165) is 37.8 Å². The molecular formula is C13H22N4O. The van der Waals surface area contributed by atoms with Gasteiger partial charge < -0.3 is 11.1 Å². The lowest BCUT2D eigenvalue weighted by Gasteiger charge is -2.25. The third-order valence-electron chi connectivity index (χ3n) is 3.75. The third-order valence-corrected chi connectivity index (χ3v) is 3.75. The van der Waals surface area contributed by atoms with E-state index >= 15 is 0 Å². The Kier molecular flexibility index (Phi) is 4.36. The van der Waals surface area contributed by atoms with Gasteiger partial charge >= 0.3 is 0 Å². The molecule has 0 aromatic carbocycles. The maximum atomic E-state index is 11.9. The Bertz CT molecular complexity index is 393. The van der Waals surface area contributed by atoms with Crippen LogP contribution in [0.25, 0.3) is 0 Å². The van der Waals surface area contributed by atoms with E-state index in [2.05, 4.69) is 10.4 Å². The zero-order chi connectivity index (χ0) is 13.0. The summed E-state index contributed by atoms with van der Waals surface area (Å²) in [4.78, 5) is 11.9. The van der Waals surface area contributed by atoms with Crippen LogP contribution in [0.5, 0.6) is 0 Å². The lowest BCUT2D eigenvalue weighted by Crippen LogP contribution is -2.37. The van der Waals surface area contributed by atoms with Gasteiger partial charge in [0.2, 0.25) is 5.91 Å². The molecule has 0 atom stereocenters. The van der Waals surface area contributed by atoms with E-state index in [0.29, 0.717) is 12.6 Å². The molecule has 0 saturated heterocycles. The number of carbonyl (C=O) groups excluding carboxylic acids is 1. The number of hydrogen-bond acceptors (Lipinski definition) is 3. The quantitative estimate of drug-likeness (QED) is 0.821. The molecule has 1 aliphatic carbocycles. The Morgan fingerprint density at radius 3 is 2.83 bits per heavy atom. The summed E-state index contributed by atoms with van der Waals surface area (Å²) >= 11 is 0. The summed E-state index contributed by atoms with van der Waals surface area (Å²) in [6.45, 7) is 0.681. The summed E-state index contributed by atoms with van der Waals surface area (Å²) < 4.78 is 1.84. The Balaban J connectivity index is 1.70. The summed E-state index contributed by atoms with van der Waals surface area (Å²) in [5.74, 6) is 0.348. The topological polar surface area (TPSA) is 72.9 Å². The molecule has 0 bridgehead atoms. The van der Waals surface area contributed by atoms with Crippen LogP contribution in [0.1, 0.15) is 31.4 Å². The molecule has 0 unspecified atom stereocenters. The molecule has 1 aliphatic rings. The van der Waals surface area contributed by atoms with E-state index in [1.807, 2.05) is 17.8 Å². The molecule has 1 fully saturated rings. The highest BCUT2D eigenvalue weighted by atomic mass is 16.1. The second-order valence-corrected chi connectivity index (χ2v) is 5.10. The molecule has 5 heteroatoms. The van der Waals surface area contributed by atoms with Gasteiger partial charge in [0, 0.05) is 43.9 Å². The highest BCUT2D eigenvalue weighted by Gasteiger charge is 2.24. The number of nitrogens with two attached hydrogens (primary N) is 1. The molecule has 1 heterocycles. The first-order valence-electron chi connectivity index (χ1n) is 6.67. The lowest BCUT2D eigenvalue weighted by atomic mass is 9.86. The first kappa shape index (κ1) is 13.1. The average Bonchev–Trinajstić information content (AvgIpc) is 2.76. The van der Waals surface area contributed by atoms with Gasteiger partial charge in [0.15, 0.2) is 0 Å². The fourth-order valence-electron chi connectivity index (χ4n) is 2.49. The van der Waals surface area contributed by atoms with Gasteiger partial charge in [-0.1, -0.05) is 0 Å². The first-order chi connectivity index (χ1) is 8.66.